The van der Waals surface area contributed by atoms with Crippen LogP contribution >= 0.6 is 0 Å². The van der Waals surface area contributed by atoms with Crippen molar-refractivity contribution in [2.45, 2.75) is 31.7 Å². The van der Waals surface area contributed by atoms with Gasteiger partial charge in [-0.15, -0.1) is 0 Å². The first kappa shape index (κ1) is 7.59. The molecule has 1 heterocycles. The van der Waals surface area contributed by atoms with Gasteiger partial charge in [0.1, 0.15) is 0 Å². The fourth-order valence-electron chi connectivity index (χ4n) is 1.84. The minimum atomic E-state index is 0.466. The van der Waals surface area contributed by atoms with Crippen LogP contribution in [0.2, 0.25) is 0 Å². The number of aromatic nitrogens is 2. The lowest BCUT2D eigenvalue weighted by atomic mass is 9.91. The third-order valence-electron chi connectivity index (χ3n) is 2.54. The Hall–Kier alpha value is -1.05. The summed E-state index contributed by atoms with van der Waals surface area (Å²) in [6.07, 6.45) is 8.86. The van der Waals surface area contributed by atoms with Crippen molar-refractivity contribution in [2.24, 2.45) is 0 Å². The first-order valence-corrected chi connectivity index (χ1v) is 4.55. The molecule has 12 heavy (non-hydrogen) atoms. The molecule has 64 valence electrons. The molecule has 2 rings (SSSR count). The van der Waals surface area contributed by atoms with Gasteiger partial charge in [-0.25, -0.2) is 0 Å². The lowest BCUT2D eigenvalue weighted by molar-refractivity contribution is 0.411. The van der Waals surface area contributed by atoms with Crippen LogP contribution < -0.4 is 0 Å². The summed E-state index contributed by atoms with van der Waals surface area (Å²) in [5.41, 5.74) is 1.34. The van der Waals surface area contributed by atoms with E-state index in [1.54, 1.807) is 0 Å². The van der Waals surface area contributed by atoms with Gasteiger partial charge in [0.2, 0.25) is 0 Å². The minimum Gasteiger partial charge on any atom is -0.266 e. The van der Waals surface area contributed by atoms with Gasteiger partial charge in [0.25, 0.3) is 0 Å². The summed E-state index contributed by atoms with van der Waals surface area (Å²) >= 11 is 0. The quantitative estimate of drug-likeness (QED) is 0.580. The molecule has 0 aromatic carbocycles. The van der Waals surface area contributed by atoms with Crippen LogP contribution in [0, 0.1) is 0 Å². The summed E-state index contributed by atoms with van der Waals surface area (Å²) in [4.78, 5) is 0. The Morgan fingerprint density at radius 3 is 3.08 bits per heavy atom. The van der Waals surface area contributed by atoms with Crippen molar-refractivity contribution in [2.75, 3.05) is 0 Å². The molecule has 2 nitrogen and oxygen atoms in total. The van der Waals surface area contributed by atoms with Crippen LogP contribution in [0.4, 0.5) is 0 Å². The number of rotatable bonds is 1. The maximum Gasteiger partial charge on any atom is 0.0725 e. The van der Waals surface area contributed by atoms with Crippen molar-refractivity contribution in [1.82, 2.24) is 9.78 Å². The highest BCUT2D eigenvalue weighted by atomic mass is 15.3. The summed E-state index contributed by atoms with van der Waals surface area (Å²) in [6.45, 7) is 4.09. The van der Waals surface area contributed by atoms with Crippen LogP contribution in [0.3, 0.4) is 0 Å². The Morgan fingerprint density at radius 2 is 2.42 bits per heavy atom. The molecular formula is C10H14N2. The number of hydrogen-bond acceptors (Lipinski definition) is 1. The molecule has 0 spiro atoms. The van der Waals surface area contributed by atoms with E-state index in [-0.39, 0.29) is 0 Å². The third-order valence-corrected chi connectivity index (χ3v) is 2.54. The maximum atomic E-state index is 4.25. The van der Waals surface area contributed by atoms with Crippen LogP contribution in [-0.4, -0.2) is 9.78 Å². The van der Waals surface area contributed by atoms with E-state index in [9.17, 15) is 0 Å². The van der Waals surface area contributed by atoms with Gasteiger partial charge in [-0.2, -0.15) is 5.10 Å². The number of allylic oxidation sites excluding steroid dienone is 1. The second kappa shape index (κ2) is 3.13. The van der Waals surface area contributed by atoms with Gasteiger partial charge in [-0.3, -0.25) is 4.68 Å². The molecule has 0 N–H and O–H groups in total. The molecular weight excluding hydrogens is 148 g/mol. The highest BCUT2D eigenvalue weighted by Crippen LogP contribution is 2.31. The summed E-state index contributed by atoms with van der Waals surface area (Å²) in [5, 5.41) is 4.25. The summed E-state index contributed by atoms with van der Waals surface area (Å²) in [7, 11) is 0. The van der Waals surface area contributed by atoms with Crippen molar-refractivity contribution in [3.63, 3.8) is 0 Å². The fraction of sp³-hybridized carbons (Fsp3) is 0.500. The molecule has 0 radical (unpaired) electrons. The molecule has 1 saturated carbocycles. The molecule has 1 aliphatic carbocycles. The highest BCUT2D eigenvalue weighted by Gasteiger charge is 2.18. The van der Waals surface area contributed by atoms with E-state index in [1.165, 1.54) is 31.3 Å². The van der Waals surface area contributed by atoms with Crippen molar-refractivity contribution in [3.05, 3.63) is 30.6 Å². The van der Waals surface area contributed by atoms with E-state index in [0.29, 0.717) is 6.04 Å². The molecule has 1 aliphatic rings. The first-order chi connectivity index (χ1) is 5.88. The van der Waals surface area contributed by atoms with Gasteiger partial charge < -0.3 is 0 Å². The molecule has 1 aromatic rings. The average molecular weight is 162 g/mol. The first-order valence-electron chi connectivity index (χ1n) is 4.55. The fourth-order valence-corrected chi connectivity index (χ4v) is 1.84. The van der Waals surface area contributed by atoms with Crippen LogP contribution in [0.5, 0.6) is 0 Å². The molecule has 0 saturated heterocycles. The summed E-state index contributed by atoms with van der Waals surface area (Å²) in [5.74, 6) is 0. The average Bonchev–Trinajstić information content (AvgIpc) is 2.57. The van der Waals surface area contributed by atoms with E-state index in [4.69, 9.17) is 0 Å². The second-order valence-corrected chi connectivity index (χ2v) is 3.41. The SMILES string of the molecule is C=C1CCCCC1n1cccn1. The number of nitrogens with zero attached hydrogens (tertiary/aromatic N) is 2. The molecule has 0 aliphatic heterocycles. The molecule has 1 aromatic heterocycles. The molecule has 2 heteroatoms. The van der Waals surface area contributed by atoms with E-state index in [1.807, 2.05) is 23.1 Å². The van der Waals surface area contributed by atoms with E-state index >= 15 is 0 Å². The molecule has 0 amide bonds. The van der Waals surface area contributed by atoms with Gasteiger partial charge in [0, 0.05) is 12.4 Å². The third kappa shape index (κ3) is 1.29. The predicted molar refractivity (Wildman–Crippen MR) is 48.9 cm³/mol. The normalized spacial score (nSPS) is 24.3. The van der Waals surface area contributed by atoms with Crippen molar-refractivity contribution in [1.29, 1.82) is 0 Å². The van der Waals surface area contributed by atoms with Gasteiger partial charge in [-0.05, 0) is 25.3 Å². The summed E-state index contributed by atoms with van der Waals surface area (Å²) < 4.78 is 2.03. The second-order valence-electron chi connectivity index (χ2n) is 3.41. The molecule has 1 atom stereocenters. The van der Waals surface area contributed by atoms with E-state index < -0.39 is 0 Å². The standard InChI is InChI=1S/C10H14N2/c1-9-5-2-3-6-10(9)12-8-4-7-11-12/h4,7-8,10H,1-3,5-6H2. The van der Waals surface area contributed by atoms with Crippen LogP contribution in [0.15, 0.2) is 30.6 Å². The summed E-state index contributed by atoms with van der Waals surface area (Å²) in [6, 6.07) is 2.44. The van der Waals surface area contributed by atoms with E-state index in [2.05, 4.69) is 11.7 Å². The zero-order valence-electron chi connectivity index (χ0n) is 7.24. The monoisotopic (exact) mass is 162 g/mol. The van der Waals surface area contributed by atoms with Crippen LogP contribution in [-0.2, 0) is 0 Å². The predicted octanol–water partition coefficient (Wildman–Crippen LogP) is 2.55. The highest BCUT2D eigenvalue weighted by molar-refractivity contribution is 5.06. The Kier molecular flexibility index (Phi) is 1.98. The van der Waals surface area contributed by atoms with Crippen LogP contribution in [0.25, 0.3) is 0 Å². The van der Waals surface area contributed by atoms with Crippen molar-refractivity contribution < 1.29 is 0 Å². The lowest BCUT2D eigenvalue weighted by Gasteiger charge is -2.24. The van der Waals surface area contributed by atoms with Gasteiger partial charge >= 0.3 is 0 Å². The Bertz CT molecular complexity index is 261. The largest absolute Gasteiger partial charge is 0.266 e. The van der Waals surface area contributed by atoms with Gasteiger partial charge in [0.15, 0.2) is 0 Å². The van der Waals surface area contributed by atoms with Crippen molar-refractivity contribution >= 4 is 0 Å². The van der Waals surface area contributed by atoms with Gasteiger partial charge in [-0.1, -0.05) is 18.6 Å². The topological polar surface area (TPSA) is 17.8 Å². The zero-order valence-corrected chi connectivity index (χ0v) is 7.24. The smallest absolute Gasteiger partial charge is 0.0725 e. The van der Waals surface area contributed by atoms with Crippen molar-refractivity contribution in [3.8, 4) is 0 Å². The Morgan fingerprint density at radius 1 is 1.50 bits per heavy atom. The number of hydrogen-bond donors (Lipinski definition) is 0. The van der Waals surface area contributed by atoms with E-state index in [0.717, 1.165) is 0 Å². The zero-order chi connectivity index (χ0) is 8.39. The van der Waals surface area contributed by atoms with Gasteiger partial charge in [0.05, 0.1) is 6.04 Å². The molecule has 1 fully saturated rings. The lowest BCUT2D eigenvalue weighted by Crippen LogP contribution is -2.15. The Balaban J connectivity index is 2.17. The Labute approximate surface area is 72.9 Å². The molecule has 0 bridgehead atoms. The van der Waals surface area contributed by atoms with Crippen LogP contribution in [0.1, 0.15) is 31.7 Å². The minimum absolute atomic E-state index is 0.466. The molecule has 1 unspecified atom stereocenters. The maximum absolute atomic E-state index is 4.25.